The summed E-state index contributed by atoms with van der Waals surface area (Å²) in [5, 5.41) is 1.47. The first kappa shape index (κ1) is 17.1. The lowest BCUT2D eigenvalue weighted by molar-refractivity contribution is 0.0715. The molecule has 0 radical (unpaired) electrons. The van der Waals surface area contributed by atoms with Gasteiger partial charge in [0.15, 0.2) is 0 Å². The molecule has 1 aromatic rings. The van der Waals surface area contributed by atoms with Crippen LogP contribution in [0.2, 0.25) is 19.1 Å². The van der Waals surface area contributed by atoms with Gasteiger partial charge in [-0.15, -0.1) is 0 Å². The van der Waals surface area contributed by atoms with Crippen molar-refractivity contribution in [3.63, 3.8) is 0 Å². The summed E-state index contributed by atoms with van der Waals surface area (Å²) in [6.45, 7) is 10.3. The minimum atomic E-state index is -1.56. The lowest BCUT2D eigenvalue weighted by Crippen LogP contribution is -2.52. The number of rotatable bonds is 4. The molecule has 122 valence electrons. The van der Waals surface area contributed by atoms with E-state index in [1.807, 2.05) is 11.8 Å². The van der Waals surface area contributed by atoms with E-state index in [1.165, 1.54) is 5.19 Å². The Kier molecular flexibility index (Phi) is 5.67. The van der Waals surface area contributed by atoms with Crippen molar-refractivity contribution < 1.29 is 9.53 Å². The molecule has 2 rings (SSSR count). The molecule has 1 aliphatic rings. The first-order chi connectivity index (χ1) is 10.4. The molecule has 0 saturated carbocycles. The molecule has 0 bridgehead atoms. The molecule has 1 aliphatic heterocycles. The third-order valence-corrected chi connectivity index (χ3v) is 8.17. The van der Waals surface area contributed by atoms with E-state index >= 15 is 0 Å². The van der Waals surface area contributed by atoms with E-state index in [0.717, 1.165) is 25.4 Å². The van der Waals surface area contributed by atoms with Crippen molar-refractivity contribution in [3.05, 3.63) is 30.3 Å². The molecule has 22 heavy (non-hydrogen) atoms. The minimum Gasteiger partial charge on any atom is -0.450 e. The normalized spacial score (nSPS) is 22.5. The van der Waals surface area contributed by atoms with Crippen LogP contribution in [-0.2, 0) is 4.74 Å². The van der Waals surface area contributed by atoms with Gasteiger partial charge in [-0.05, 0) is 31.7 Å². The number of hydrogen-bond acceptors (Lipinski definition) is 2. The summed E-state index contributed by atoms with van der Waals surface area (Å²) in [7, 11) is -1.56. The largest absolute Gasteiger partial charge is 0.450 e. The summed E-state index contributed by atoms with van der Waals surface area (Å²) in [5.41, 5.74) is 0. The first-order valence-corrected chi connectivity index (χ1v) is 11.6. The zero-order valence-electron chi connectivity index (χ0n) is 14.3. The Morgan fingerprint density at radius 2 is 2.00 bits per heavy atom. The van der Waals surface area contributed by atoms with Crippen LogP contribution in [0.4, 0.5) is 4.79 Å². The molecule has 0 spiro atoms. The molecular formula is C18H29NO2Si. The zero-order valence-corrected chi connectivity index (χ0v) is 15.3. The third kappa shape index (κ3) is 4.13. The Morgan fingerprint density at radius 1 is 1.32 bits per heavy atom. The number of amides is 1. The van der Waals surface area contributed by atoms with Gasteiger partial charge in [-0.3, -0.25) is 0 Å². The van der Waals surface area contributed by atoms with Gasteiger partial charge < -0.3 is 9.64 Å². The zero-order chi connectivity index (χ0) is 16.2. The Hall–Kier alpha value is -1.29. The summed E-state index contributed by atoms with van der Waals surface area (Å²) >= 11 is 0. The lowest BCUT2D eigenvalue weighted by Gasteiger charge is -2.41. The average molecular weight is 320 g/mol. The predicted octanol–water partition coefficient (Wildman–Crippen LogP) is 3.86. The van der Waals surface area contributed by atoms with Gasteiger partial charge >= 0.3 is 6.09 Å². The number of piperidine rings is 1. The Labute approximate surface area is 135 Å². The SMILES string of the molecule is CCOC(=O)N1CC[C@H](C)C[C@@H]1C[Si](C)(C)c1ccccc1. The topological polar surface area (TPSA) is 29.5 Å². The first-order valence-electron chi connectivity index (χ1n) is 8.43. The Morgan fingerprint density at radius 3 is 2.64 bits per heavy atom. The van der Waals surface area contributed by atoms with Crippen molar-refractivity contribution in [2.24, 2.45) is 5.92 Å². The monoisotopic (exact) mass is 319 g/mol. The van der Waals surface area contributed by atoms with Crippen LogP contribution in [-0.4, -0.2) is 38.3 Å². The lowest BCUT2D eigenvalue weighted by atomic mass is 9.94. The molecule has 2 atom stereocenters. The van der Waals surface area contributed by atoms with Crippen LogP contribution >= 0.6 is 0 Å². The number of nitrogens with zero attached hydrogens (tertiary/aromatic N) is 1. The molecule has 0 N–H and O–H groups in total. The quantitative estimate of drug-likeness (QED) is 0.789. The van der Waals surface area contributed by atoms with Crippen LogP contribution in [0.5, 0.6) is 0 Å². The molecule has 1 heterocycles. The highest BCUT2D eigenvalue weighted by Gasteiger charge is 2.36. The smallest absolute Gasteiger partial charge is 0.409 e. The van der Waals surface area contributed by atoms with Crippen molar-refractivity contribution in [2.75, 3.05) is 13.2 Å². The van der Waals surface area contributed by atoms with E-state index in [-0.39, 0.29) is 6.09 Å². The fourth-order valence-electron chi connectivity index (χ4n) is 3.49. The molecular weight excluding hydrogens is 290 g/mol. The summed E-state index contributed by atoms with van der Waals surface area (Å²) in [4.78, 5) is 14.2. The van der Waals surface area contributed by atoms with Gasteiger partial charge in [0, 0.05) is 12.6 Å². The van der Waals surface area contributed by atoms with Gasteiger partial charge in [-0.25, -0.2) is 4.79 Å². The van der Waals surface area contributed by atoms with Crippen molar-refractivity contribution in [2.45, 2.75) is 51.9 Å². The second-order valence-corrected chi connectivity index (χ2v) is 11.9. The van der Waals surface area contributed by atoms with Gasteiger partial charge in [-0.2, -0.15) is 0 Å². The summed E-state index contributed by atoms with van der Waals surface area (Å²) in [5.74, 6) is 0.691. The molecule has 0 aromatic heterocycles. The molecule has 1 aromatic carbocycles. The van der Waals surface area contributed by atoms with E-state index in [1.54, 1.807) is 0 Å². The van der Waals surface area contributed by atoms with Gasteiger partial charge in [0.1, 0.15) is 0 Å². The van der Waals surface area contributed by atoms with E-state index in [2.05, 4.69) is 50.3 Å². The fraction of sp³-hybridized carbons (Fsp3) is 0.611. The maximum atomic E-state index is 12.3. The number of ether oxygens (including phenoxy) is 1. The number of carbonyl (C=O) groups excluding carboxylic acids is 1. The fourth-order valence-corrected chi connectivity index (χ4v) is 6.38. The van der Waals surface area contributed by atoms with E-state index in [9.17, 15) is 4.79 Å². The minimum absolute atomic E-state index is 0.128. The standard InChI is InChI=1S/C18H29NO2Si/c1-5-21-18(20)19-12-11-15(2)13-16(19)14-22(3,4)17-9-7-6-8-10-17/h6-10,15-16H,5,11-14H2,1-4H3/t15-,16+/m0/s1. The van der Waals surface area contributed by atoms with Gasteiger partial charge in [0.2, 0.25) is 0 Å². The number of likely N-dealkylation sites (tertiary alicyclic amines) is 1. The van der Waals surface area contributed by atoms with Crippen molar-refractivity contribution in [3.8, 4) is 0 Å². The maximum Gasteiger partial charge on any atom is 0.409 e. The number of carbonyl (C=O) groups is 1. The Balaban J connectivity index is 2.14. The molecule has 3 nitrogen and oxygen atoms in total. The van der Waals surface area contributed by atoms with Crippen molar-refractivity contribution >= 4 is 19.4 Å². The molecule has 1 fully saturated rings. The summed E-state index contributed by atoms with van der Waals surface area (Å²) in [6, 6.07) is 12.2. The van der Waals surface area contributed by atoms with Crippen LogP contribution < -0.4 is 5.19 Å². The maximum absolute atomic E-state index is 12.3. The van der Waals surface area contributed by atoms with Crippen molar-refractivity contribution in [1.29, 1.82) is 0 Å². The highest BCUT2D eigenvalue weighted by atomic mass is 28.3. The van der Waals surface area contributed by atoms with Crippen LogP contribution in [0.1, 0.15) is 26.7 Å². The molecule has 0 aliphatic carbocycles. The summed E-state index contributed by atoms with van der Waals surface area (Å²) in [6.07, 6.45) is 2.06. The van der Waals surface area contributed by atoms with Crippen molar-refractivity contribution in [1.82, 2.24) is 4.90 Å². The highest BCUT2D eigenvalue weighted by molar-refractivity contribution is 6.89. The van der Waals surface area contributed by atoms with E-state index in [4.69, 9.17) is 4.74 Å². The van der Waals surface area contributed by atoms with Crippen LogP contribution in [0.15, 0.2) is 30.3 Å². The second-order valence-electron chi connectivity index (χ2n) is 7.13. The molecule has 1 saturated heterocycles. The average Bonchev–Trinajstić information content (AvgIpc) is 2.48. The van der Waals surface area contributed by atoms with Crippen LogP contribution in [0.25, 0.3) is 0 Å². The summed E-state index contributed by atoms with van der Waals surface area (Å²) < 4.78 is 5.27. The molecule has 4 heteroatoms. The number of benzene rings is 1. The molecule has 0 unspecified atom stereocenters. The second kappa shape index (κ2) is 7.31. The number of hydrogen-bond donors (Lipinski definition) is 0. The van der Waals surface area contributed by atoms with Crippen LogP contribution in [0.3, 0.4) is 0 Å². The van der Waals surface area contributed by atoms with Gasteiger partial charge in [0.05, 0.1) is 14.7 Å². The molecule has 1 amide bonds. The predicted molar refractivity (Wildman–Crippen MR) is 94.3 cm³/mol. The third-order valence-electron chi connectivity index (χ3n) is 4.78. The van der Waals surface area contributed by atoms with Gasteiger partial charge in [-0.1, -0.05) is 55.5 Å². The van der Waals surface area contributed by atoms with E-state index < -0.39 is 8.07 Å². The Bertz CT molecular complexity index is 489. The van der Waals surface area contributed by atoms with Crippen LogP contribution in [0, 0.1) is 5.92 Å². The van der Waals surface area contributed by atoms with Gasteiger partial charge in [0.25, 0.3) is 0 Å². The van der Waals surface area contributed by atoms with E-state index in [0.29, 0.717) is 18.6 Å². The highest BCUT2D eigenvalue weighted by Crippen LogP contribution is 2.29.